The number of rotatable bonds is 7. The number of fused-ring (bicyclic) bond motifs is 1. The van der Waals surface area contributed by atoms with Gasteiger partial charge in [-0.3, -0.25) is 9.52 Å². The maximum Gasteiger partial charge on any atom is 0.416 e. The van der Waals surface area contributed by atoms with E-state index in [1.165, 1.54) is 18.2 Å². The van der Waals surface area contributed by atoms with Crippen LogP contribution in [0.15, 0.2) is 89.8 Å². The maximum atomic E-state index is 13.0. The second-order valence-corrected chi connectivity index (χ2v) is 11.3. The summed E-state index contributed by atoms with van der Waals surface area (Å²) in [5.41, 5.74) is 3.74. The number of anilines is 2. The summed E-state index contributed by atoms with van der Waals surface area (Å²) in [4.78, 5) is 12.7. The third-order valence-electron chi connectivity index (χ3n) is 6.57. The summed E-state index contributed by atoms with van der Waals surface area (Å²) in [7, 11) is -4.16. The zero-order valence-corrected chi connectivity index (χ0v) is 22.9. The lowest BCUT2D eigenvalue weighted by atomic mass is 10.0. The molecule has 0 bridgehead atoms. The highest BCUT2D eigenvalue weighted by molar-refractivity contribution is 7.92. The molecule has 4 aromatic rings. The zero-order valence-electron chi connectivity index (χ0n) is 22.0. The molecule has 0 spiro atoms. The first kappa shape index (κ1) is 28.0. The van der Waals surface area contributed by atoms with Crippen LogP contribution in [0.25, 0.3) is 11.6 Å². The van der Waals surface area contributed by atoms with Crippen LogP contribution in [0.2, 0.25) is 0 Å². The van der Waals surface area contributed by atoms with Gasteiger partial charge in [0, 0.05) is 22.5 Å². The second-order valence-electron chi connectivity index (χ2n) is 9.66. The van der Waals surface area contributed by atoms with Crippen LogP contribution in [0, 0.1) is 13.8 Å². The van der Waals surface area contributed by atoms with Crippen LogP contribution in [0.1, 0.15) is 33.4 Å². The Morgan fingerprint density at radius 1 is 0.902 bits per heavy atom. The summed E-state index contributed by atoms with van der Waals surface area (Å²) < 4.78 is 73.0. The van der Waals surface area contributed by atoms with Gasteiger partial charge in [-0.2, -0.15) is 13.2 Å². The van der Waals surface area contributed by atoms with Crippen molar-refractivity contribution in [1.29, 1.82) is 0 Å². The fourth-order valence-electron chi connectivity index (χ4n) is 4.61. The van der Waals surface area contributed by atoms with Crippen molar-refractivity contribution in [1.82, 2.24) is 0 Å². The fraction of sp³-hybridized carbons (Fsp3) is 0.129. The van der Waals surface area contributed by atoms with Gasteiger partial charge in [-0.1, -0.05) is 30.3 Å². The molecule has 0 saturated carbocycles. The van der Waals surface area contributed by atoms with E-state index in [1.54, 1.807) is 6.08 Å². The maximum absolute atomic E-state index is 13.0. The van der Waals surface area contributed by atoms with Crippen molar-refractivity contribution < 1.29 is 31.1 Å². The van der Waals surface area contributed by atoms with E-state index >= 15 is 0 Å². The molecule has 10 heteroatoms. The van der Waals surface area contributed by atoms with Crippen molar-refractivity contribution in [2.24, 2.45) is 0 Å². The monoisotopic (exact) mass is 578 g/mol. The number of aryl methyl sites for hydroxylation is 2. The Hall–Kier alpha value is -4.57. The number of carbonyl (C=O) groups is 1. The van der Waals surface area contributed by atoms with E-state index in [0.29, 0.717) is 17.9 Å². The largest absolute Gasteiger partial charge is 0.488 e. The molecule has 1 aliphatic rings. The standard InChI is InChI=1S/C31H25F3N2O4S/c1-19-14-22(15-20(2)29(19)40-18-21-6-4-3-5-7-21)16-27-26-17-25(12-13-28(26)35-30(27)37)41(38,39)36-24-10-8-23(9-11-24)31(32,33)34/h3-17,36H,18H2,1-2H3,(H,35,37). The van der Waals surface area contributed by atoms with Gasteiger partial charge < -0.3 is 10.1 Å². The Bertz CT molecular complexity index is 1740. The molecule has 0 fully saturated rings. The molecule has 4 aromatic carbocycles. The molecular formula is C31H25F3N2O4S. The minimum atomic E-state index is -4.54. The van der Waals surface area contributed by atoms with Gasteiger partial charge in [-0.25, -0.2) is 8.42 Å². The van der Waals surface area contributed by atoms with Crippen molar-refractivity contribution in [3.63, 3.8) is 0 Å². The molecule has 1 aliphatic heterocycles. The summed E-state index contributed by atoms with van der Waals surface area (Å²) in [5, 5.41) is 2.74. The summed E-state index contributed by atoms with van der Waals surface area (Å²) in [6.45, 7) is 4.24. The number of ether oxygens (including phenoxy) is 1. The fourth-order valence-corrected chi connectivity index (χ4v) is 5.69. The number of hydrogen-bond donors (Lipinski definition) is 2. The number of benzene rings is 4. The number of halogens is 3. The predicted octanol–water partition coefficient (Wildman–Crippen LogP) is 7.19. The lowest BCUT2D eigenvalue weighted by molar-refractivity contribution is -0.137. The molecule has 1 amide bonds. The Morgan fingerprint density at radius 2 is 1.56 bits per heavy atom. The van der Waals surface area contributed by atoms with E-state index in [2.05, 4.69) is 10.0 Å². The van der Waals surface area contributed by atoms with Crippen LogP contribution in [-0.2, 0) is 27.6 Å². The van der Waals surface area contributed by atoms with Crippen LogP contribution in [0.3, 0.4) is 0 Å². The average Bonchev–Trinajstić information content (AvgIpc) is 3.22. The van der Waals surface area contributed by atoms with Crippen molar-refractivity contribution in [3.05, 3.63) is 118 Å². The van der Waals surface area contributed by atoms with Gasteiger partial charge in [0.25, 0.3) is 15.9 Å². The van der Waals surface area contributed by atoms with Gasteiger partial charge in [0.1, 0.15) is 12.4 Å². The molecule has 41 heavy (non-hydrogen) atoms. The topological polar surface area (TPSA) is 84.5 Å². The van der Waals surface area contributed by atoms with Crippen molar-refractivity contribution >= 4 is 39.0 Å². The van der Waals surface area contributed by atoms with Gasteiger partial charge in [-0.15, -0.1) is 0 Å². The third kappa shape index (κ3) is 6.12. The summed E-state index contributed by atoms with van der Waals surface area (Å²) in [6.07, 6.45) is -2.85. The van der Waals surface area contributed by atoms with Crippen molar-refractivity contribution in [2.75, 3.05) is 10.0 Å². The molecule has 0 saturated heterocycles. The van der Waals surface area contributed by atoms with Crippen molar-refractivity contribution in [3.8, 4) is 5.75 Å². The highest BCUT2D eigenvalue weighted by Crippen LogP contribution is 2.36. The summed E-state index contributed by atoms with van der Waals surface area (Å²) in [5.74, 6) is 0.361. The molecule has 210 valence electrons. The lowest BCUT2D eigenvalue weighted by Crippen LogP contribution is -2.13. The Labute approximate surface area is 235 Å². The molecular weight excluding hydrogens is 553 g/mol. The first-order valence-electron chi connectivity index (χ1n) is 12.6. The van der Waals surface area contributed by atoms with Crippen LogP contribution in [-0.4, -0.2) is 14.3 Å². The SMILES string of the molecule is Cc1cc(C=C2C(=O)Nc3ccc(S(=O)(=O)Nc4ccc(C(F)(F)F)cc4)cc32)cc(C)c1OCc1ccccc1. The van der Waals surface area contributed by atoms with E-state index in [1.807, 2.05) is 56.3 Å². The molecule has 0 aliphatic carbocycles. The highest BCUT2D eigenvalue weighted by atomic mass is 32.2. The average molecular weight is 579 g/mol. The second kappa shape index (κ2) is 10.8. The van der Waals surface area contributed by atoms with Crippen LogP contribution >= 0.6 is 0 Å². The molecule has 6 nitrogen and oxygen atoms in total. The summed E-state index contributed by atoms with van der Waals surface area (Å²) >= 11 is 0. The molecule has 1 heterocycles. The van der Waals surface area contributed by atoms with Gasteiger partial charge in [0.2, 0.25) is 0 Å². The minimum Gasteiger partial charge on any atom is -0.488 e. The number of hydrogen-bond acceptors (Lipinski definition) is 4. The Balaban J connectivity index is 1.40. The number of amides is 1. The van der Waals surface area contributed by atoms with Gasteiger partial charge in [0.05, 0.1) is 10.5 Å². The third-order valence-corrected chi connectivity index (χ3v) is 7.95. The zero-order chi connectivity index (χ0) is 29.4. The molecule has 5 rings (SSSR count). The van der Waals surface area contributed by atoms with Gasteiger partial charge >= 0.3 is 6.18 Å². The molecule has 0 atom stereocenters. The molecule has 0 radical (unpaired) electrons. The number of carbonyl (C=O) groups excluding carboxylic acids is 1. The first-order valence-corrected chi connectivity index (χ1v) is 14.0. The van der Waals surface area contributed by atoms with E-state index in [-0.39, 0.29) is 22.1 Å². The van der Waals surface area contributed by atoms with Gasteiger partial charge in [-0.05, 0) is 96.8 Å². The van der Waals surface area contributed by atoms with E-state index in [4.69, 9.17) is 4.74 Å². The normalized spacial score (nSPS) is 14.1. The van der Waals surface area contributed by atoms with Crippen molar-refractivity contribution in [2.45, 2.75) is 31.5 Å². The Kier molecular flexibility index (Phi) is 7.35. The Morgan fingerprint density at radius 3 is 2.20 bits per heavy atom. The first-order chi connectivity index (χ1) is 19.4. The minimum absolute atomic E-state index is 0.0241. The van der Waals surface area contributed by atoms with Crippen LogP contribution < -0.4 is 14.8 Å². The highest BCUT2D eigenvalue weighted by Gasteiger charge is 2.30. The van der Waals surface area contributed by atoms with Gasteiger partial charge in [0.15, 0.2) is 0 Å². The van der Waals surface area contributed by atoms with Crippen LogP contribution in [0.5, 0.6) is 5.75 Å². The molecule has 2 N–H and O–H groups in total. The van der Waals surface area contributed by atoms with E-state index in [9.17, 15) is 26.4 Å². The number of sulfonamides is 1. The predicted molar refractivity (Wildman–Crippen MR) is 152 cm³/mol. The van der Waals surface area contributed by atoms with Crippen LogP contribution in [0.4, 0.5) is 24.5 Å². The van der Waals surface area contributed by atoms with E-state index in [0.717, 1.165) is 52.3 Å². The lowest BCUT2D eigenvalue weighted by Gasteiger charge is -2.14. The van der Waals surface area contributed by atoms with E-state index < -0.39 is 21.8 Å². The molecule has 0 unspecified atom stereocenters. The number of nitrogens with one attached hydrogen (secondary N) is 2. The summed E-state index contributed by atoms with van der Waals surface area (Å²) in [6, 6.07) is 21.4. The molecule has 0 aromatic heterocycles. The number of alkyl halides is 3. The smallest absolute Gasteiger partial charge is 0.416 e. The quantitative estimate of drug-likeness (QED) is 0.227.